The van der Waals surface area contributed by atoms with Crippen molar-refractivity contribution in [2.45, 2.75) is 45.2 Å². The molecule has 0 radical (unpaired) electrons. The van der Waals surface area contributed by atoms with Gasteiger partial charge in [0.2, 0.25) is 17.5 Å². The molecule has 43 heavy (non-hydrogen) atoms. The lowest BCUT2D eigenvalue weighted by Gasteiger charge is -2.24. The van der Waals surface area contributed by atoms with E-state index in [0.29, 0.717) is 0 Å². The molecule has 0 heterocycles. The summed E-state index contributed by atoms with van der Waals surface area (Å²) in [6.07, 6.45) is -0.0313. The summed E-state index contributed by atoms with van der Waals surface area (Å²) >= 11 is 0. The van der Waals surface area contributed by atoms with Crippen LogP contribution in [0.2, 0.25) is 0 Å². The number of hydrogen-bond donors (Lipinski definition) is 5. The molecule has 2 aromatic carbocycles. The van der Waals surface area contributed by atoms with Crippen LogP contribution in [0.25, 0.3) is 0 Å². The van der Waals surface area contributed by atoms with E-state index < -0.39 is 77.0 Å². The van der Waals surface area contributed by atoms with Gasteiger partial charge in [-0.15, -0.1) is 0 Å². The van der Waals surface area contributed by atoms with Crippen LogP contribution in [-0.4, -0.2) is 54.7 Å². The summed E-state index contributed by atoms with van der Waals surface area (Å²) in [4.78, 5) is 54.8. The van der Waals surface area contributed by atoms with Gasteiger partial charge in [0.05, 0.1) is 11.7 Å². The molecular formula is C27H31F5N6O5. The lowest BCUT2D eigenvalue weighted by atomic mass is 10.0. The Balaban J connectivity index is 2.19. The van der Waals surface area contributed by atoms with Crippen molar-refractivity contribution in [3.8, 4) is 5.75 Å². The first-order valence-electron chi connectivity index (χ1n) is 12.9. The predicted molar refractivity (Wildman–Crippen MR) is 145 cm³/mol. The number of hydrogen-bond acceptors (Lipinski definition) is 6. The van der Waals surface area contributed by atoms with Crippen molar-refractivity contribution in [1.82, 2.24) is 10.6 Å². The molecule has 0 bridgehead atoms. The first-order chi connectivity index (χ1) is 20.2. The van der Waals surface area contributed by atoms with Crippen LogP contribution in [0, 0.1) is 35.0 Å². The van der Waals surface area contributed by atoms with Gasteiger partial charge in [-0.2, -0.15) is 8.78 Å². The molecule has 234 valence electrons. The summed E-state index contributed by atoms with van der Waals surface area (Å²) in [5.74, 6) is -14.4. The first kappa shape index (κ1) is 34.4. The third-order valence-corrected chi connectivity index (χ3v) is 5.74. The van der Waals surface area contributed by atoms with Crippen molar-refractivity contribution >= 4 is 35.2 Å². The Kier molecular flexibility index (Phi) is 12.8. The van der Waals surface area contributed by atoms with E-state index in [2.05, 4.69) is 20.9 Å². The highest BCUT2D eigenvalue weighted by atomic mass is 19.2. The molecule has 0 aliphatic heterocycles. The molecule has 0 aliphatic rings. The summed E-state index contributed by atoms with van der Waals surface area (Å²) in [5.41, 5.74) is 10.3. The Morgan fingerprint density at radius 2 is 1.51 bits per heavy atom. The minimum absolute atomic E-state index is 0.00501. The van der Waals surface area contributed by atoms with Gasteiger partial charge in [0.25, 0.3) is 0 Å². The van der Waals surface area contributed by atoms with Crippen molar-refractivity contribution in [1.29, 1.82) is 0 Å². The maximum absolute atomic E-state index is 14.0. The van der Waals surface area contributed by atoms with Gasteiger partial charge in [0.15, 0.2) is 29.1 Å². The Bertz CT molecular complexity index is 1340. The van der Waals surface area contributed by atoms with Crippen LogP contribution in [0.15, 0.2) is 35.3 Å². The van der Waals surface area contributed by atoms with E-state index in [1.807, 2.05) is 0 Å². The number of benzene rings is 2. The SMILES string of the molecule is CC(C)C[C@H](NC(=O)C(=O)Nc1ccccc1F)C(=O)N[C@@H](CCCN=C(N)N)C(=O)COc1c(F)c(F)cc(F)c1F. The number of halogens is 5. The summed E-state index contributed by atoms with van der Waals surface area (Å²) in [6.45, 7) is 2.32. The number of guanidine groups is 1. The Labute approximate surface area is 243 Å². The second-order valence-corrected chi connectivity index (χ2v) is 9.65. The number of ether oxygens (including phenoxy) is 1. The number of carbonyl (C=O) groups excluding carboxylic acids is 4. The highest BCUT2D eigenvalue weighted by molar-refractivity contribution is 6.40. The van der Waals surface area contributed by atoms with Gasteiger partial charge in [-0.05, 0) is 37.3 Å². The first-order valence-corrected chi connectivity index (χ1v) is 12.9. The standard InChI is InChI=1S/C27H31F5N6O5/c1-13(2)10-19(38-26(42)25(41)36-17-7-4-3-6-14(17)28)24(40)37-18(8-5-9-35-27(33)34)20(39)12-43-23-21(31)15(29)11-16(30)22(23)32/h3-4,6-7,11,13,18-19H,5,8-10,12H2,1-2H3,(H,36,41)(H,37,40)(H,38,42)(H4,33,34,35)/t18-,19-/m0/s1. The number of Topliss-reactive ketones (excluding diaryl/α,β-unsaturated/α-hetero) is 1. The maximum atomic E-state index is 14.0. The summed E-state index contributed by atoms with van der Waals surface area (Å²) < 4.78 is 73.6. The molecule has 11 nitrogen and oxygen atoms in total. The molecule has 2 rings (SSSR count). The molecule has 0 aliphatic carbocycles. The Hall–Kier alpha value is -4.76. The van der Waals surface area contributed by atoms with Crippen LogP contribution in [0.5, 0.6) is 5.75 Å². The van der Waals surface area contributed by atoms with E-state index in [-0.39, 0.29) is 49.4 Å². The molecule has 0 fully saturated rings. The number of para-hydroxylation sites is 1. The molecule has 3 amide bonds. The number of nitrogens with two attached hydrogens (primary N) is 2. The van der Waals surface area contributed by atoms with Crippen LogP contribution in [0.4, 0.5) is 27.6 Å². The van der Waals surface area contributed by atoms with Crippen LogP contribution < -0.4 is 32.2 Å². The van der Waals surface area contributed by atoms with E-state index in [1.54, 1.807) is 13.8 Å². The molecule has 7 N–H and O–H groups in total. The number of rotatable bonds is 14. The van der Waals surface area contributed by atoms with Gasteiger partial charge < -0.3 is 32.2 Å². The zero-order chi connectivity index (χ0) is 32.3. The Morgan fingerprint density at radius 1 is 0.884 bits per heavy atom. The van der Waals surface area contributed by atoms with Crippen molar-refractivity contribution in [3.63, 3.8) is 0 Å². The maximum Gasteiger partial charge on any atom is 0.313 e. The quantitative estimate of drug-likeness (QED) is 0.0540. The predicted octanol–water partition coefficient (Wildman–Crippen LogP) is 2.04. The van der Waals surface area contributed by atoms with Gasteiger partial charge in [-0.25, -0.2) is 13.2 Å². The lowest BCUT2D eigenvalue weighted by molar-refractivity contribution is -0.138. The number of amides is 3. The van der Waals surface area contributed by atoms with Gasteiger partial charge >= 0.3 is 11.8 Å². The third-order valence-electron chi connectivity index (χ3n) is 5.74. The van der Waals surface area contributed by atoms with E-state index in [4.69, 9.17) is 16.2 Å². The number of aliphatic imine (C=N–C) groups is 1. The third kappa shape index (κ3) is 10.5. The zero-order valence-corrected chi connectivity index (χ0v) is 23.2. The van der Waals surface area contributed by atoms with Crippen molar-refractivity contribution in [3.05, 3.63) is 59.4 Å². The van der Waals surface area contributed by atoms with Gasteiger partial charge in [-0.3, -0.25) is 24.2 Å². The largest absolute Gasteiger partial charge is 0.479 e. The Morgan fingerprint density at radius 3 is 2.09 bits per heavy atom. The monoisotopic (exact) mass is 614 g/mol. The average molecular weight is 615 g/mol. The molecule has 0 saturated carbocycles. The van der Waals surface area contributed by atoms with Crippen LogP contribution in [0.1, 0.15) is 33.1 Å². The fourth-order valence-electron chi connectivity index (χ4n) is 3.68. The molecule has 0 unspecified atom stereocenters. The number of ketones is 1. The molecule has 0 saturated heterocycles. The normalized spacial score (nSPS) is 12.2. The highest BCUT2D eigenvalue weighted by Gasteiger charge is 2.30. The number of carbonyl (C=O) groups is 4. The van der Waals surface area contributed by atoms with Crippen molar-refractivity contribution in [2.75, 3.05) is 18.5 Å². The fraction of sp³-hybridized carbons (Fsp3) is 0.370. The molecule has 2 aromatic rings. The minimum Gasteiger partial charge on any atom is -0.479 e. The van der Waals surface area contributed by atoms with E-state index in [0.717, 1.165) is 6.07 Å². The fourth-order valence-corrected chi connectivity index (χ4v) is 3.68. The molecule has 2 atom stereocenters. The van der Waals surface area contributed by atoms with Crippen molar-refractivity contribution < 1.29 is 45.9 Å². The molecular weight excluding hydrogens is 583 g/mol. The highest BCUT2D eigenvalue weighted by Crippen LogP contribution is 2.26. The molecule has 16 heteroatoms. The lowest BCUT2D eigenvalue weighted by Crippen LogP contribution is -2.54. The van der Waals surface area contributed by atoms with E-state index in [1.165, 1.54) is 18.2 Å². The van der Waals surface area contributed by atoms with Crippen molar-refractivity contribution in [2.24, 2.45) is 22.4 Å². The zero-order valence-electron chi connectivity index (χ0n) is 23.2. The van der Waals surface area contributed by atoms with Crippen LogP contribution in [-0.2, 0) is 19.2 Å². The smallest absolute Gasteiger partial charge is 0.313 e. The van der Waals surface area contributed by atoms with E-state index >= 15 is 0 Å². The van der Waals surface area contributed by atoms with Gasteiger partial charge in [0.1, 0.15) is 18.5 Å². The summed E-state index contributed by atoms with van der Waals surface area (Å²) in [7, 11) is 0. The minimum atomic E-state index is -1.87. The van der Waals surface area contributed by atoms with Gasteiger partial charge in [0, 0.05) is 12.6 Å². The molecule has 0 aromatic heterocycles. The summed E-state index contributed by atoms with van der Waals surface area (Å²) in [5, 5.41) is 6.70. The summed E-state index contributed by atoms with van der Waals surface area (Å²) in [6, 6.07) is 2.26. The average Bonchev–Trinajstić information content (AvgIpc) is 2.93. The number of nitrogens with one attached hydrogen (secondary N) is 3. The number of anilines is 1. The van der Waals surface area contributed by atoms with E-state index in [9.17, 15) is 41.1 Å². The van der Waals surface area contributed by atoms with Gasteiger partial charge in [-0.1, -0.05) is 26.0 Å². The number of nitrogens with zero attached hydrogens (tertiary/aromatic N) is 1. The van der Waals surface area contributed by atoms with Crippen LogP contribution >= 0.6 is 0 Å². The second-order valence-electron chi connectivity index (χ2n) is 9.65. The molecule has 0 spiro atoms. The topological polar surface area (TPSA) is 178 Å². The van der Waals surface area contributed by atoms with Crippen LogP contribution in [0.3, 0.4) is 0 Å². The second kappa shape index (κ2) is 16.0.